The van der Waals surface area contributed by atoms with Gasteiger partial charge in [-0.05, 0) is 37.3 Å². The Morgan fingerprint density at radius 3 is 2.04 bits per heavy atom. The molecule has 0 bridgehead atoms. The minimum Gasteiger partial charge on any atom is -0.382 e. The molecule has 2 rings (SSSR count). The van der Waals surface area contributed by atoms with Crippen LogP contribution < -0.4 is 10.6 Å². The van der Waals surface area contributed by atoms with Crippen molar-refractivity contribution in [2.75, 3.05) is 33.4 Å². The van der Waals surface area contributed by atoms with Crippen LogP contribution in [0.1, 0.15) is 43.2 Å². The molecule has 0 saturated heterocycles. The minimum atomic E-state index is 0.379. The Bertz CT molecular complexity index is 604. The van der Waals surface area contributed by atoms with Crippen molar-refractivity contribution in [3.8, 4) is 0 Å². The van der Waals surface area contributed by atoms with Crippen LogP contribution in [-0.4, -0.2) is 39.3 Å². The van der Waals surface area contributed by atoms with Gasteiger partial charge in [-0.25, -0.2) is 0 Å². The third-order valence-corrected chi connectivity index (χ3v) is 4.56. The summed E-state index contributed by atoms with van der Waals surface area (Å²) >= 11 is 0. The zero-order valence-corrected chi connectivity index (χ0v) is 16.7. The molecule has 0 radical (unpaired) electrons. The van der Waals surface area contributed by atoms with E-state index in [1.165, 1.54) is 11.1 Å². The first kappa shape index (κ1) is 21.0. The highest BCUT2D eigenvalue weighted by Gasteiger charge is 2.13. The molecule has 0 aliphatic carbocycles. The maximum atomic E-state index is 5.37. The molecule has 0 heterocycles. The Hall–Kier alpha value is -2.33. The molecule has 0 spiro atoms. The Morgan fingerprint density at radius 2 is 1.48 bits per heavy atom. The molecule has 2 aromatic rings. The molecule has 0 aromatic heterocycles. The smallest absolute Gasteiger partial charge is 0.190 e. The van der Waals surface area contributed by atoms with Gasteiger partial charge in [0, 0.05) is 39.3 Å². The van der Waals surface area contributed by atoms with Gasteiger partial charge in [0.15, 0.2) is 5.96 Å². The summed E-state index contributed by atoms with van der Waals surface area (Å²) < 4.78 is 5.37. The van der Waals surface area contributed by atoms with Crippen LogP contribution in [0.25, 0.3) is 0 Å². The fourth-order valence-electron chi connectivity index (χ4n) is 3.13. The normalized spacial score (nSPS) is 11.6. The SMILES string of the molecule is CCOCCCCNC(=NC)NCCC(c1ccccc1)c1ccccc1. The number of nitrogens with zero attached hydrogens (tertiary/aromatic N) is 1. The lowest BCUT2D eigenvalue weighted by molar-refractivity contribution is 0.143. The van der Waals surface area contributed by atoms with Crippen molar-refractivity contribution in [1.29, 1.82) is 0 Å². The van der Waals surface area contributed by atoms with Gasteiger partial charge >= 0.3 is 0 Å². The monoisotopic (exact) mass is 367 g/mol. The van der Waals surface area contributed by atoms with E-state index in [-0.39, 0.29) is 0 Å². The van der Waals surface area contributed by atoms with Gasteiger partial charge in [0.1, 0.15) is 0 Å². The van der Waals surface area contributed by atoms with Crippen molar-refractivity contribution in [1.82, 2.24) is 10.6 Å². The first-order chi connectivity index (χ1) is 13.3. The fraction of sp³-hybridized carbons (Fsp3) is 0.435. The van der Waals surface area contributed by atoms with Crippen LogP contribution in [0.5, 0.6) is 0 Å². The highest BCUT2D eigenvalue weighted by Crippen LogP contribution is 2.27. The van der Waals surface area contributed by atoms with E-state index < -0.39 is 0 Å². The zero-order valence-electron chi connectivity index (χ0n) is 16.7. The summed E-state index contributed by atoms with van der Waals surface area (Å²) in [6.45, 7) is 5.43. The second-order valence-corrected chi connectivity index (χ2v) is 6.49. The van der Waals surface area contributed by atoms with Gasteiger partial charge < -0.3 is 15.4 Å². The summed E-state index contributed by atoms with van der Waals surface area (Å²) in [7, 11) is 1.82. The van der Waals surface area contributed by atoms with E-state index in [1.54, 1.807) is 0 Å². The van der Waals surface area contributed by atoms with Gasteiger partial charge in [0.2, 0.25) is 0 Å². The topological polar surface area (TPSA) is 45.6 Å². The maximum Gasteiger partial charge on any atom is 0.190 e. The van der Waals surface area contributed by atoms with E-state index in [9.17, 15) is 0 Å². The predicted molar refractivity (Wildman–Crippen MR) is 114 cm³/mol. The van der Waals surface area contributed by atoms with Crippen LogP contribution in [-0.2, 0) is 4.74 Å². The summed E-state index contributed by atoms with van der Waals surface area (Å²) in [5.74, 6) is 1.25. The van der Waals surface area contributed by atoms with Crippen molar-refractivity contribution < 1.29 is 4.74 Å². The van der Waals surface area contributed by atoms with Crippen molar-refractivity contribution in [2.24, 2.45) is 4.99 Å². The van der Waals surface area contributed by atoms with Crippen LogP contribution in [0, 0.1) is 0 Å². The van der Waals surface area contributed by atoms with E-state index in [1.807, 2.05) is 14.0 Å². The number of hydrogen-bond acceptors (Lipinski definition) is 2. The number of nitrogens with one attached hydrogen (secondary N) is 2. The molecular weight excluding hydrogens is 334 g/mol. The average molecular weight is 368 g/mol. The van der Waals surface area contributed by atoms with Crippen molar-refractivity contribution in [3.05, 3.63) is 71.8 Å². The molecule has 0 fully saturated rings. The Kier molecular flexibility index (Phi) is 10.0. The van der Waals surface area contributed by atoms with Crippen molar-refractivity contribution in [2.45, 2.75) is 32.1 Å². The molecule has 146 valence electrons. The highest BCUT2D eigenvalue weighted by atomic mass is 16.5. The first-order valence-corrected chi connectivity index (χ1v) is 9.97. The third-order valence-electron chi connectivity index (χ3n) is 4.56. The van der Waals surface area contributed by atoms with Gasteiger partial charge in [-0.1, -0.05) is 60.7 Å². The molecule has 2 N–H and O–H groups in total. The second-order valence-electron chi connectivity index (χ2n) is 6.49. The second kappa shape index (κ2) is 12.9. The molecule has 0 atom stereocenters. The quantitative estimate of drug-likeness (QED) is 0.356. The maximum absolute atomic E-state index is 5.37. The molecule has 0 amide bonds. The van der Waals surface area contributed by atoms with E-state index >= 15 is 0 Å². The molecule has 4 heteroatoms. The molecule has 2 aromatic carbocycles. The van der Waals surface area contributed by atoms with Crippen LogP contribution in [0.4, 0.5) is 0 Å². The summed E-state index contributed by atoms with van der Waals surface area (Å²) in [5.41, 5.74) is 2.70. The lowest BCUT2D eigenvalue weighted by Gasteiger charge is -2.19. The van der Waals surface area contributed by atoms with Gasteiger partial charge in [0.05, 0.1) is 0 Å². The van der Waals surface area contributed by atoms with E-state index in [0.29, 0.717) is 5.92 Å². The van der Waals surface area contributed by atoms with Gasteiger partial charge in [-0.2, -0.15) is 0 Å². The summed E-state index contributed by atoms with van der Waals surface area (Å²) in [4.78, 5) is 4.33. The molecule has 0 aliphatic rings. The zero-order chi connectivity index (χ0) is 19.2. The van der Waals surface area contributed by atoms with Crippen molar-refractivity contribution in [3.63, 3.8) is 0 Å². The molecule has 0 aliphatic heterocycles. The Morgan fingerprint density at radius 1 is 0.889 bits per heavy atom. The highest BCUT2D eigenvalue weighted by molar-refractivity contribution is 5.79. The van der Waals surface area contributed by atoms with Crippen molar-refractivity contribution >= 4 is 5.96 Å². The molecule has 0 saturated carbocycles. The lowest BCUT2D eigenvalue weighted by Crippen LogP contribution is -2.38. The van der Waals surface area contributed by atoms with Crippen LogP contribution in [0.3, 0.4) is 0 Å². The summed E-state index contributed by atoms with van der Waals surface area (Å²) in [6.07, 6.45) is 3.17. The Labute approximate surface area is 164 Å². The number of aliphatic imine (C=N–C) groups is 1. The molecule has 27 heavy (non-hydrogen) atoms. The third kappa shape index (κ3) is 7.83. The average Bonchev–Trinajstić information content (AvgIpc) is 2.73. The van der Waals surface area contributed by atoms with Gasteiger partial charge in [-0.15, -0.1) is 0 Å². The van der Waals surface area contributed by atoms with E-state index in [4.69, 9.17) is 4.74 Å². The first-order valence-electron chi connectivity index (χ1n) is 9.97. The van der Waals surface area contributed by atoms with E-state index in [0.717, 1.165) is 51.5 Å². The van der Waals surface area contributed by atoms with Crippen LogP contribution in [0.15, 0.2) is 65.7 Å². The minimum absolute atomic E-state index is 0.379. The summed E-state index contributed by atoms with van der Waals surface area (Å²) in [5, 5.41) is 6.83. The summed E-state index contributed by atoms with van der Waals surface area (Å²) in [6, 6.07) is 21.4. The van der Waals surface area contributed by atoms with Crippen LogP contribution in [0.2, 0.25) is 0 Å². The Balaban J connectivity index is 1.82. The van der Waals surface area contributed by atoms with Crippen LogP contribution >= 0.6 is 0 Å². The molecule has 4 nitrogen and oxygen atoms in total. The van der Waals surface area contributed by atoms with E-state index in [2.05, 4.69) is 76.3 Å². The number of hydrogen-bond donors (Lipinski definition) is 2. The number of rotatable bonds is 11. The molecule has 0 unspecified atom stereocenters. The standard InChI is InChI=1S/C23H33N3O/c1-3-27-19-11-10-17-25-23(24-2)26-18-16-22(20-12-6-4-7-13-20)21-14-8-5-9-15-21/h4-9,12-15,22H,3,10-11,16-19H2,1-2H3,(H2,24,25,26). The number of guanidine groups is 1. The number of ether oxygens (including phenoxy) is 1. The predicted octanol–water partition coefficient (Wildman–Crippen LogP) is 4.19. The van der Waals surface area contributed by atoms with Gasteiger partial charge in [-0.3, -0.25) is 4.99 Å². The number of unbranched alkanes of at least 4 members (excludes halogenated alkanes) is 1. The number of benzene rings is 2. The molecular formula is C23H33N3O. The largest absolute Gasteiger partial charge is 0.382 e. The van der Waals surface area contributed by atoms with Gasteiger partial charge in [0.25, 0.3) is 0 Å². The lowest BCUT2D eigenvalue weighted by atomic mass is 9.88. The fourth-order valence-corrected chi connectivity index (χ4v) is 3.13.